The summed E-state index contributed by atoms with van der Waals surface area (Å²) in [6, 6.07) is 0. The van der Waals surface area contributed by atoms with Crippen LogP contribution in [-0.2, 0) is 13.6 Å². The van der Waals surface area contributed by atoms with Gasteiger partial charge in [0.15, 0.2) is 11.0 Å². The zero-order valence-electron chi connectivity index (χ0n) is 12.3. The van der Waals surface area contributed by atoms with E-state index in [2.05, 4.69) is 25.4 Å². The topological polar surface area (TPSA) is 102 Å². The average molecular weight is 309 g/mol. The molecule has 2 rings (SSSR count). The van der Waals surface area contributed by atoms with Crippen LogP contribution < -0.4 is 16.0 Å². The number of hydrogen-bond donors (Lipinski definition) is 2. The summed E-state index contributed by atoms with van der Waals surface area (Å²) in [7, 11) is 1.82. The predicted octanol–water partition coefficient (Wildman–Crippen LogP) is 0.630. The Hall–Kier alpha value is -2.16. The number of nitrogens with two attached hydrogens (primary N) is 1. The molecule has 0 aliphatic carbocycles. The number of carbonyl (C=O) groups excluding carboxylic acids is 1. The Balaban J connectivity index is 2.07. The SMILES string of the molecule is CCN(CC)c1nc(N)c(C(=O)NCc2nncn2C)s1. The van der Waals surface area contributed by atoms with Crippen LogP contribution in [0.5, 0.6) is 0 Å². The summed E-state index contributed by atoms with van der Waals surface area (Å²) in [5.41, 5.74) is 5.85. The summed E-state index contributed by atoms with van der Waals surface area (Å²) < 4.78 is 1.75. The Kier molecular flexibility index (Phi) is 4.73. The second-order valence-electron chi connectivity index (χ2n) is 4.42. The van der Waals surface area contributed by atoms with Crippen LogP contribution in [0.15, 0.2) is 6.33 Å². The molecule has 9 heteroatoms. The first-order valence-electron chi connectivity index (χ1n) is 6.69. The summed E-state index contributed by atoms with van der Waals surface area (Å²) in [5, 5.41) is 11.2. The molecular weight excluding hydrogens is 290 g/mol. The zero-order valence-corrected chi connectivity index (χ0v) is 13.1. The number of nitrogens with one attached hydrogen (secondary N) is 1. The Labute approximate surface area is 127 Å². The van der Waals surface area contributed by atoms with Crippen molar-refractivity contribution < 1.29 is 4.79 Å². The third kappa shape index (κ3) is 3.30. The molecule has 0 bridgehead atoms. The van der Waals surface area contributed by atoms with Crippen LogP contribution in [0.25, 0.3) is 0 Å². The molecule has 21 heavy (non-hydrogen) atoms. The fourth-order valence-electron chi connectivity index (χ4n) is 1.82. The van der Waals surface area contributed by atoms with Gasteiger partial charge in [0.2, 0.25) is 0 Å². The van der Waals surface area contributed by atoms with Crippen LogP contribution in [0.2, 0.25) is 0 Å². The van der Waals surface area contributed by atoms with Crippen LogP contribution in [-0.4, -0.2) is 38.7 Å². The molecule has 0 saturated carbocycles. The lowest BCUT2D eigenvalue weighted by Crippen LogP contribution is -2.24. The molecule has 0 radical (unpaired) electrons. The normalized spacial score (nSPS) is 10.6. The Bertz CT molecular complexity index is 617. The van der Waals surface area contributed by atoms with E-state index in [1.54, 1.807) is 10.9 Å². The van der Waals surface area contributed by atoms with Crippen molar-refractivity contribution >= 4 is 28.2 Å². The lowest BCUT2D eigenvalue weighted by atomic mass is 10.4. The number of aryl methyl sites for hydroxylation is 1. The van der Waals surface area contributed by atoms with Gasteiger partial charge in [-0.15, -0.1) is 10.2 Å². The maximum absolute atomic E-state index is 12.2. The van der Waals surface area contributed by atoms with E-state index in [1.165, 1.54) is 11.3 Å². The Morgan fingerprint density at radius 2 is 2.19 bits per heavy atom. The van der Waals surface area contributed by atoms with Gasteiger partial charge in [-0.2, -0.15) is 0 Å². The van der Waals surface area contributed by atoms with E-state index >= 15 is 0 Å². The summed E-state index contributed by atoms with van der Waals surface area (Å²) in [6.07, 6.45) is 1.58. The summed E-state index contributed by atoms with van der Waals surface area (Å²) in [5.74, 6) is 0.694. The van der Waals surface area contributed by atoms with E-state index < -0.39 is 0 Å². The minimum absolute atomic E-state index is 0.244. The van der Waals surface area contributed by atoms with Crippen molar-refractivity contribution in [3.8, 4) is 0 Å². The molecule has 0 atom stereocenters. The molecule has 2 aromatic heterocycles. The molecule has 0 fully saturated rings. The number of rotatable bonds is 6. The average Bonchev–Trinajstić information content (AvgIpc) is 3.04. The van der Waals surface area contributed by atoms with Crippen LogP contribution in [0, 0.1) is 0 Å². The Morgan fingerprint density at radius 3 is 2.76 bits per heavy atom. The van der Waals surface area contributed by atoms with Crippen LogP contribution in [0.4, 0.5) is 10.9 Å². The van der Waals surface area contributed by atoms with Crippen LogP contribution in [0.3, 0.4) is 0 Å². The number of aromatic nitrogens is 4. The number of thiazole rings is 1. The highest BCUT2D eigenvalue weighted by molar-refractivity contribution is 7.18. The molecule has 0 unspecified atom stereocenters. The second kappa shape index (κ2) is 6.53. The van der Waals surface area contributed by atoms with Crippen molar-refractivity contribution in [2.45, 2.75) is 20.4 Å². The molecule has 0 aliphatic rings. The van der Waals surface area contributed by atoms with Gasteiger partial charge in [0, 0.05) is 20.1 Å². The molecule has 8 nitrogen and oxygen atoms in total. The van der Waals surface area contributed by atoms with Gasteiger partial charge >= 0.3 is 0 Å². The zero-order chi connectivity index (χ0) is 15.4. The fourth-order valence-corrected chi connectivity index (χ4v) is 2.85. The number of nitrogen functional groups attached to an aromatic ring is 1. The van der Waals surface area contributed by atoms with Crippen molar-refractivity contribution in [1.82, 2.24) is 25.1 Å². The smallest absolute Gasteiger partial charge is 0.265 e. The molecule has 0 spiro atoms. The van der Waals surface area contributed by atoms with Crippen LogP contribution >= 0.6 is 11.3 Å². The molecule has 2 heterocycles. The molecule has 3 N–H and O–H groups in total. The van der Waals surface area contributed by atoms with Crippen molar-refractivity contribution in [2.75, 3.05) is 23.7 Å². The number of anilines is 2. The number of hydrogen-bond acceptors (Lipinski definition) is 7. The first kappa shape index (κ1) is 15.2. The highest BCUT2D eigenvalue weighted by atomic mass is 32.1. The molecule has 0 saturated heterocycles. The monoisotopic (exact) mass is 309 g/mol. The molecule has 114 valence electrons. The predicted molar refractivity (Wildman–Crippen MR) is 82.3 cm³/mol. The van der Waals surface area contributed by atoms with E-state index in [9.17, 15) is 4.79 Å². The third-order valence-corrected chi connectivity index (χ3v) is 4.23. The van der Waals surface area contributed by atoms with Gasteiger partial charge in [-0.25, -0.2) is 4.98 Å². The molecule has 2 aromatic rings. The summed E-state index contributed by atoms with van der Waals surface area (Å²) >= 11 is 1.30. The van der Waals surface area contributed by atoms with Crippen molar-refractivity contribution in [1.29, 1.82) is 0 Å². The van der Waals surface area contributed by atoms with Gasteiger partial charge in [0.1, 0.15) is 17.0 Å². The van der Waals surface area contributed by atoms with Gasteiger partial charge in [-0.1, -0.05) is 11.3 Å². The van der Waals surface area contributed by atoms with Gasteiger partial charge < -0.3 is 20.5 Å². The number of amides is 1. The molecule has 0 aromatic carbocycles. The Morgan fingerprint density at radius 1 is 1.48 bits per heavy atom. The van der Waals surface area contributed by atoms with E-state index in [0.29, 0.717) is 17.2 Å². The molecular formula is C12H19N7OS. The third-order valence-electron chi connectivity index (χ3n) is 3.09. The van der Waals surface area contributed by atoms with E-state index in [0.717, 1.165) is 18.2 Å². The first-order chi connectivity index (χ1) is 10.1. The standard InChI is InChI=1S/C12H19N7OS/c1-4-19(5-2)12-16-10(13)9(21-12)11(20)14-6-8-17-15-7-18(8)3/h7H,4-6,13H2,1-3H3,(H,14,20). The van der Waals surface area contributed by atoms with E-state index in [4.69, 9.17) is 5.73 Å². The summed E-state index contributed by atoms with van der Waals surface area (Å²) in [6.45, 7) is 6.02. The van der Waals surface area contributed by atoms with Gasteiger partial charge in [-0.3, -0.25) is 4.79 Å². The largest absolute Gasteiger partial charge is 0.382 e. The molecule has 1 amide bonds. The van der Waals surface area contributed by atoms with Gasteiger partial charge in [-0.05, 0) is 13.8 Å². The molecule has 0 aliphatic heterocycles. The minimum Gasteiger partial charge on any atom is -0.382 e. The lowest BCUT2D eigenvalue weighted by molar-refractivity contribution is 0.0954. The van der Waals surface area contributed by atoms with Gasteiger partial charge in [0.05, 0.1) is 6.54 Å². The quantitative estimate of drug-likeness (QED) is 0.811. The van der Waals surface area contributed by atoms with Gasteiger partial charge in [0.25, 0.3) is 5.91 Å². The number of nitrogens with zero attached hydrogens (tertiary/aromatic N) is 5. The van der Waals surface area contributed by atoms with Crippen molar-refractivity contribution in [2.24, 2.45) is 7.05 Å². The maximum Gasteiger partial charge on any atom is 0.265 e. The highest BCUT2D eigenvalue weighted by Gasteiger charge is 2.18. The lowest BCUT2D eigenvalue weighted by Gasteiger charge is -2.16. The second-order valence-corrected chi connectivity index (χ2v) is 5.40. The summed E-state index contributed by atoms with van der Waals surface area (Å²) in [4.78, 5) is 18.9. The fraction of sp³-hybridized carbons (Fsp3) is 0.500. The highest BCUT2D eigenvalue weighted by Crippen LogP contribution is 2.27. The van der Waals surface area contributed by atoms with Crippen LogP contribution in [0.1, 0.15) is 29.3 Å². The van der Waals surface area contributed by atoms with E-state index in [-0.39, 0.29) is 11.7 Å². The first-order valence-corrected chi connectivity index (χ1v) is 7.50. The number of carbonyl (C=O) groups is 1. The van der Waals surface area contributed by atoms with Crippen molar-refractivity contribution in [3.05, 3.63) is 17.0 Å². The van der Waals surface area contributed by atoms with E-state index in [1.807, 2.05) is 20.9 Å². The maximum atomic E-state index is 12.2. The van der Waals surface area contributed by atoms with Crippen molar-refractivity contribution in [3.63, 3.8) is 0 Å². The minimum atomic E-state index is -0.244.